The first kappa shape index (κ1) is 36.1. The van der Waals surface area contributed by atoms with E-state index >= 15 is 0 Å². The van der Waals surface area contributed by atoms with Crippen LogP contribution in [0.4, 0.5) is 4.79 Å². The van der Waals surface area contributed by atoms with Crippen molar-refractivity contribution in [2.75, 3.05) is 20.3 Å². The zero-order chi connectivity index (χ0) is 36.3. The number of fused-ring (bicyclic) bond motifs is 5. The van der Waals surface area contributed by atoms with Crippen molar-refractivity contribution < 1.29 is 33.3 Å². The largest absolute Gasteiger partial charge is 0.497 e. The predicted molar refractivity (Wildman–Crippen MR) is 193 cm³/mol. The Morgan fingerprint density at radius 2 is 1.82 bits per heavy atom. The fraction of sp³-hybridized carbons (Fsp3) is 0.525. The Balaban J connectivity index is 1.46. The Hall–Kier alpha value is -4.67. The van der Waals surface area contributed by atoms with E-state index in [0.29, 0.717) is 34.8 Å². The molecule has 2 aromatic carbocycles. The summed E-state index contributed by atoms with van der Waals surface area (Å²) in [7, 11) is 1.60. The van der Waals surface area contributed by atoms with Crippen LogP contribution < -0.4 is 14.8 Å². The van der Waals surface area contributed by atoms with Gasteiger partial charge in [0.15, 0.2) is 0 Å². The first-order valence-corrected chi connectivity index (χ1v) is 18.1. The molecule has 272 valence electrons. The third-order valence-electron chi connectivity index (χ3n) is 9.83. The first-order chi connectivity index (χ1) is 24.4. The minimum Gasteiger partial charge on any atom is -0.497 e. The van der Waals surface area contributed by atoms with Crippen molar-refractivity contribution in [3.8, 4) is 11.6 Å². The molecule has 2 amide bonds. The van der Waals surface area contributed by atoms with Gasteiger partial charge in [-0.1, -0.05) is 71.0 Å². The van der Waals surface area contributed by atoms with Gasteiger partial charge in [-0.25, -0.2) is 19.6 Å². The summed E-state index contributed by atoms with van der Waals surface area (Å²) < 4.78 is 24.0. The molecule has 1 saturated heterocycles. The van der Waals surface area contributed by atoms with Gasteiger partial charge in [0.1, 0.15) is 35.7 Å². The first-order valence-electron chi connectivity index (χ1n) is 18.1. The number of alkyl carbamates (subject to hydrolysis) is 1. The highest BCUT2D eigenvalue weighted by atomic mass is 16.6. The molecule has 51 heavy (non-hydrogen) atoms. The van der Waals surface area contributed by atoms with Crippen molar-refractivity contribution >= 4 is 35.1 Å². The second-order valence-electron chi connectivity index (χ2n) is 15.5. The molecule has 6 atom stereocenters. The van der Waals surface area contributed by atoms with Crippen LogP contribution in [0, 0.1) is 23.2 Å². The molecule has 1 aromatic heterocycles. The lowest BCUT2D eigenvalue weighted by atomic mass is 9.85. The van der Waals surface area contributed by atoms with Crippen LogP contribution in [0.15, 0.2) is 54.6 Å². The van der Waals surface area contributed by atoms with Crippen molar-refractivity contribution in [1.82, 2.24) is 20.2 Å². The summed E-state index contributed by atoms with van der Waals surface area (Å²) in [6.45, 7) is 9.85. The number of aromatic nitrogens is 2. The fourth-order valence-corrected chi connectivity index (χ4v) is 6.96. The fourth-order valence-electron chi connectivity index (χ4n) is 6.96. The van der Waals surface area contributed by atoms with Crippen molar-refractivity contribution in [2.45, 2.75) is 91.0 Å². The zero-order valence-electron chi connectivity index (χ0n) is 30.5. The van der Waals surface area contributed by atoms with Gasteiger partial charge in [-0.05, 0) is 73.1 Å². The third kappa shape index (κ3) is 8.63. The van der Waals surface area contributed by atoms with Gasteiger partial charge in [0.2, 0.25) is 11.8 Å². The van der Waals surface area contributed by atoms with E-state index in [-0.39, 0.29) is 31.1 Å². The van der Waals surface area contributed by atoms with E-state index in [2.05, 4.69) is 11.4 Å². The molecule has 2 bridgehead atoms. The molecule has 1 aliphatic carbocycles. The summed E-state index contributed by atoms with van der Waals surface area (Å²) in [6, 6.07) is 13.4. The molecule has 1 saturated carbocycles. The molecular weight excluding hydrogens is 648 g/mol. The van der Waals surface area contributed by atoms with Crippen LogP contribution in [0.1, 0.15) is 71.6 Å². The van der Waals surface area contributed by atoms with E-state index in [0.717, 1.165) is 31.2 Å². The van der Waals surface area contributed by atoms with Crippen LogP contribution in [0.3, 0.4) is 0 Å². The van der Waals surface area contributed by atoms with Gasteiger partial charge >= 0.3 is 12.1 Å². The molecule has 11 heteroatoms. The Morgan fingerprint density at radius 1 is 1.04 bits per heavy atom. The standard InChI is InChI=1S/C40H50N4O7/c1-24(2)23-49-38(46)34-28(19-25-13-9-7-10-14-25)33-22-44(34)37(45)35(40(3,4)5)43-39(47)51-32-20-26(32)15-11-8-12-16-30-36(50-33)42-31-21-27(48-6)17-18-29(31)41-30/h7,9-10,12-14,16-18,21,24,26,28,32-35H,8,11,15,19-20,22-23H2,1-6H3,(H,43,47)/t26-,28-,32-,33+,34+,35-/m1/s1. The summed E-state index contributed by atoms with van der Waals surface area (Å²) in [5.74, 6) is -0.129. The van der Waals surface area contributed by atoms with Crippen LogP contribution in [-0.2, 0) is 25.5 Å². The average Bonchev–Trinajstić information content (AvgIpc) is 3.73. The van der Waals surface area contributed by atoms with Gasteiger partial charge in [0.05, 0.1) is 31.3 Å². The lowest BCUT2D eigenvalue weighted by Gasteiger charge is -2.35. The van der Waals surface area contributed by atoms with E-state index in [1.807, 2.05) is 89.2 Å². The van der Waals surface area contributed by atoms with Crippen molar-refractivity contribution in [3.63, 3.8) is 0 Å². The van der Waals surface area contributed by atoms with Crippen LogP contribution in [0.5, 0.6) is 11.6 Å². The Morgan fingerprint density at radius 3 is 2.55 bits per heavy atom. The normalized spacial score (nSPS) is 25.5. The maximum absolute atomic E-state index is 14.8. The van der Waals surface area contributed by atoms with Crippen LogP contribution >= 0.6 is 0 Å². The minimum atomic E-state index is -0.994. The SMILES string of the molecule is COc1ccc2nc3c(nc2c1)O[C@H]1CN(C(=O)[C@H](C(C)(C)C)NC(=O)O[C@@H]2C[C@H]2CCCC=C3)[C@H](C(=O)OCC(C)C)[C@@H]1Cc1ccccc1. The third-order valence-corrected chi connectivity index (χ3v) is 9.83. The number of nitrogens with one attached hydrogen (secondary N) is 1. The molecule has 3 heterocycles. The highest BCUT2D eigenvalue weighted by molar-refractivity contribution is 5.91. The van der Waals surface area contributed by atoms with Gasteiger partial charge in [-0.3, -0.25) is 4.79 Å². The quantitative estimate of drug-likeness (QED) is 0.292. The number of nitrogens with zero attached hydrogens (tertiary/aromatic N) is 3. The maximum atomic E-state index is 14.8. The van der Waals surface area contributed by atoms with Crippen molar-refractivity contribution in [3.05, 3.63) is 65.9 Å². The summed E-state index contributed by atoms with van der Waals surface area (Å²) in [5, 5.41) is 2.88. The second-order valence-corrected chi connectivity index (χ2v) is 15.5. The van der Waals surface area contributed by atoms with Crippen LogP contribution in [-0.4, -0.2) is 77.4 Å². The van der Waals surface area contributed by atoms with Crippen LogP contribution in [0.25, 0.3) is 17.1 Å². The Kier molecular flexibility index (Phi) is 10.8. The van der Waals surface area contributed by atoms with E-state index < -0.39 is 47.5 Å². The molecule has 1 N–H and O–H groups in total. The Labute approximate surface area is 300 Å². The number of carbonyl (C=O) groups excluding carboxylic acids is 3. The lowest BCUT2D eigenvalue weighted by molar-refractivity contribution is -0.157. The summed E-state index contributed by atoms with van der Waals surface area (Å²) in [4.78, 5) is 53.6. The molecule has 0 radical (unpaired) electrons. The summed E-state index contributed by atoms with van der Waals surface area (Å²) >= 11 is 0. The average molecular weight is 699 g/mol. The molecule has 2 aliphatic heterocycles. The van der Waals surface area contributed by atoms with Gasteiger partial charge in [0, 0.05) is 12.0 Å². The number of esters is 1. The van der Waals surface area contributed by atoms with E-state index in [9.17, 15) is 14.4 Å². The lowest BCUT2D eigenvalue weighted by Crippen LogP contribution is -2.57. The Bertz CT molecular complexity index is 1750. The topological polar surface area (TPSA) is 129 Å². The number of amides is 2. The number of hydrogen-bond donors (Lipinski definition) is 1. The van der Waals surface area contributed by atoms with E-state index in [1.165, 1.54) is 4.90 Å². The highest BCUT2D eigenvalue weighted by Gasteiger charge is 2.53. The minimum absolute atomic E-state index is 0.0623. The number of hydrogen-bond acceptors (Lipinski definition) is 9. The van der Waals surface area contributed by atoms with Gasteiger partial charge in [0.25, 0.3) is 0 Å². The van der Waals surface area contributed by atoms with Crippen molar-refractivity contribution in [1.29, 1.82) is 0 Å². The number of carbonyl (C=O) groups is 3. The smallest absolute Gasteiger partial charge is 0.408 e. The summed E-state index contributed by atoms with van der Waals surface area (Å²) in [6.07, 6.45) is 6.35. The zero-order valence-corrected chi connectivity index (χ0v) is 30.5. The van der Waals surface area contributed by atoms with Gasteiger partial charge in [-0.2, -0.15) is 0 Å². The second kappa shape index (κ2) is 15.3. The van der Waals surface area contributed by atoms with Gasteiger partial charge < -0.3 is 29.2 Å². The molecular formula is C40H50N4O7. The molecule has 3 aromatic rings. The monoisotopic (exact) mass is 698 g/mol. The molecule has 6 rings (SSSR count). The number of rotatable bonds is 6. The number of methoxy groups -OCH3 is 1. The summed E-state index contributed by atoms with van der Waals surface area (Å²) in [5.41, 5.74) is 2.11. The predicted octanol–water partition coefficient (Wildman–Crippen LogP) is 6.38. The van der Waals surface area contributed by atoms with Crippen LogP contribution in [0.2, 0.25) is 0 Å². The number of benzene rings is 2. The maximum Gasteiger partial charge on any atom is 0.408 e. The number of ether oxygens (including phenoxy) is 4. The number of allylic oxidation sites excluding steroid dienone is 1. The molecule has 0 unspecified atom stereocenters. The molecule has 3 aliphatic rings. The van der Waals surface area contributed by atoms with E-state index in [1.54, 1.807) is 7.11 Å². The van der Waals surface area contributed by atoms with Crippen molar-refractivity contribution in [2.24, 2.45) is 23.2 Å². The molecule has 2 fully saturated rings. The molecule has 11 nitrogen and oxygen atoms in total. The molecule has 0 spiro atoms. The van der Waals surface area contributed by atoms with Gasteiger partial charge in [-0.15, -0.1) is 0 Å². The van der Waals surface area contributed by atoms with E-state index in [4.69, 9.17) is 28.9 Å². The highest BCUT2D eigenvalue weighted by Crippen LogP contribution is 2.39.